The lowest BCUT2D eigenvalue weighted by Gasteiger charge is -2.17. The topological polar surface area (TPSA) is 122 Å². The zero-order valence-electron chi connectivity index (χ0n) is 5.92. The van der Waals surface area contributed by atoms with Crippen molar-refractivity contribution in [1.29, 1.82) is 0 Å². The average molecular weight is 195 g/mol. The zero-order valence-corrected chi connectivity index (χ0v) is 6.68. The van der Waals surface area contributed by atoms with E-state index in [-0.39, 0.29) is 0 Å². The maximum atomic E-state index is 8.49. The van der Waals surface area contributed by atoms with Crippen LogP contribution in [0.4, 0.5) is 0 Å². The molecule has 7 heteroatoms. The molecule has 0 saturated heterocycles. The minimum absolute atomic E-state index is 1.50. The molecule has 0 atom stereocenters. The summed E-state index contributed by atoms with van der Waals surface area (Å²) in [5, 5.41) is 0. The fourth-order valence-corrected chi connectivity index (χ4v) is 0.412. The van der Waals surface area contributed by atoms with Crippen LogP contribution >= 0.6 is 0 Å². The lowest BCUT2D eigenvalue weighted by molar-refractivity contribution is -2.00. The van der Waals surface area contributed by atoms with Gasteiger partial charge < -0.3 is 0 Å². The van der Waals surface area contributed by atoms with Gasteiger partial charge in [0.1, 0.15) is 0 Å². The molecule has 1 heterocycles. The maximum absolute atomic E-state index is 8.49. The van der Waals surface area contributed by atoms with Gasteiger partial charge in [0.2, 0.25) is 0 Å². The molecule has 0 spiro atoms. The fraction of sp³-hybridized carbons (Fsp3) is 0. The summed E-state index contributed by atoms with van der Waals surface area (Å²) in [4.78, 5) is 0. The molecule has 0 aliphatic carbocycles. The van der Waals surface area contributed by atoms with E-state index in [1.165, 1.54) is 4.68 Å². The second kappa shape index (κ2) is 4.86. The van der Waals surface area contributed by atoms with Gasteiger partial charge in [0.05, 0.1) is 0 Å². The van der Waals surface area contributed by atoms with Crippen LogP contribution in [-0.4, -0.2) is 0 Å². The first-order chi connectivity index (χ1) is 5.39. The minimum Gasteiger partial charge on any atom is -0.222 e. The van der Waals surface area contributed by atoms with Gasteiger partial charge in [0, 0.05) is 12.1 Å². The summed E-state index contributed by atoms with van der Waals surface area (Å²) in [5.74, 6) is 5.27. The molecular weight excluding hydrogens is 188 g/mol. The van der Waals surface area contributed by atoms with E-state index in [0.717, 1.165) is 0 Å². The van der Waals surface area contributed by atoms with Gasteiger partial charge in [-0.3, -0.25) is 0 Å². The largest absolute Gasteiger partial charge is 0.222 e. The predicted molar refractivity (Wildman–Crippen MR) is 26.8 cm³/mol. The molecule has 6 nitrogen and oxygen atoms in total. The van der Waals surface area contributed by atoms with E-state index in [4.69, 9.17) is 24.5 Å². The normalized spacial score (nSPS) is 10.0. The Balaban J connectivity index is 0.000000217. The summed E-state index contributed by atoms with van der Waals surface area (Å²) >= 11 is 0. The summed E-state index contributed by atoms with van der Waals surface area (Å²) in [7, 11) is -4.94. The number of nitrogen functional groups attached to an aromatic ring is 1. The number of pyridine rings is 1. The zero-order chi connectivity index (χ0) is 9.61. The van der Waals surface area contributed by atoms with Crippen LogP contribution in [0.25, 0.3) is 0 Å². The Hall–Kier alpha value is -0.920. The van der Waals surface area contributed by atoms with Gasteiger partial charge in [-0.15, -0.1) is 10.2 Å². The monoisotopic (exact) mass is 194 g/mol. The maximum Gasteiger partial charge on any atom is 0.199 e. The Bertz CT molecular complexity index is 206. The SMILES string of the molecule is N[n+]1ccccc1.[O-][Cl+3]([O-])([O-])[O-]. The van der Waals surface area contributed by atoms with Crippen LogP contribution in [0.5, 0.6) is 0 Å². The van der Waals surface area contributed by atoms with Crippen molar-refractivity contribution in [3.63, 3.8) is 0 Å². The van der Waals surface area contributed by atoms with Crippen LogP contribution in [0, 0.1) is 10.2 Å². The number of halogens is 1. The molecule has 0 aliphatic heterocycles. The van der Waals surface area contributed by atoms with Gasteiger partial charge >= 0.3 is 0 Å². The smallest absolute Gasteiger partial charge is 0.199 e. The van der Waals surface area contributed by atoms with E-state index >= 15 is 0 Å². The van der Waals surface area contributed by atoms with Crippen molar-refractivity contribution in [2.24, 2.45) is 0 Å². The predicted octanol–water partition coefficient (Wildman–Crippen LogP) is -5.07. The van der Waals surface area contributed by atoms with E-state index in [1.54, 1.807) is 12.4 Å². The van der Waals surface area contributed by atoms with Gasteiger partial charge in [0.25, 0.3) is 0 Å². The minimum atomic E-state index is -4.94. The van der Waals surface area contributed by atoms with Crippen LogP contribution in [0.1, 0.15) is 0 Å². The van der Waals surface area contributed by atoms with Crippen LogP contribution < -0.4 is 29.2 Å². The first kappa shape index (κ1) is 11.1. The number of nitrogens with zero attached hydrogens (tertiary/aromatic N) is 1. The van der Waals surface area contributed by atoms with Crippen molar-refractivity contribution >= 4 is 0 Å². The van der Waals surface area contributed by atoms with Crippen LogP contribution in [0.3, 0.4) is 0 Å². The van der Waals surface area contributed by atoms with Crippen LogP contribution in [0.15, 0.2) is 30.6 Å². The second-order valence-corrected chi connectivity index (χ2v) is 2.46. The molecule has 1 rings (SSSR count). The molecular formula is C5H7ClN2O4. The van der Waals surface area contributed by atoms with Crippen molar-refractivity contribution in [2.75, 3.05) is 5.84 Å². The van der Waals surface area contributed by atoms with Crippen LogP contribution in [0.2, 0.25) is 0 Å². The fourth-order valence-electron chi connectivity index (χ4n) is 0.412. The van der Waals surface area contributed by atoms with Gasteiger partial charge in [-0.2, -0.15) is 0 Å². The van der Waals surface area contributed by atoms with E-state index in [0.29, 0.717) is 0 Å². The Morgan fingerprint density at radius 3 is 1.42 bits per heavy atom. The lowest BCUT2D eigenvalue weighted by atomic mass is 10.5. The molecule has 12 heavy (non-hydrogen) atoms. The Labute approximate surface area is 70.8 Å². The average Bonchev–Trinajstić information content (AvgIpc) is 1.85. The quantitative estimate of drug-likeness (QED) is 0.327. The number of rotatable bonds is 0. The van der Waals surface area contributed by atoms with Crippen LogP contribution in [-0.2, 0) is 0 Å². The number of hydrogen-bond acceptors (Lipinski definition) is 5. The highest BCUT2D eigenvalue weighted by Crippen LogP contribution is 1.70. The molecule has 0 saturated carbocycles. The third kappa shape index (κ3) is 11.8. The number of nitrogens with two attached hydrogens (primary N) is 1. The van der Waals surface area contributed by atoms with Gasteiger partial charge in [-0.25, -0.2) is 24.5 Å². The highest BCUT2D eigenvalue weighted by Gasteiger charge is 1.84. The van der Waals surface area contributed by atoms with Gasteiger partial charge in [-0.1, -0.05) is 10.7 Å². The first-order valence-electron chi connectivity index (χ1n) is 2.73. The van der Waals surface area contributed by atoms with Crippen molar-refractivity contribution in [3.8, 4) is 0 Å². The Kier molecular flexibility index (Phi) is 4.49. The molecule has 1 aromatic heterocycles. The molecule has 0 unspecified atom stereocenters. The summed E-state index contributed by atoms with van der Waals surface area (Å²) in [6.07, 6.45) is 3.56. The third-order valence-electron chi connectivity index (χ3n) is 0.739. The van der Waals surface area contributed by atoms with Crippen molar-refractivity contribution in [2.45, 2.75) is 0 Å². The summed E-state index contributed by atoms with van der Waals surface area (Å²) in [5.41, 5.74) is 0. The Morgan fingerprint density at radius 2 is 1.25 bits per heavy atom. The summed E-state index contributed by atoms with van der Waals surface area (Å²) in [6.45, 7) is 0. The third-order valence-corrected chi connectivity index (χ3v) is 0.739. The molecule has 0 aliphatic rings. The summed E-state index contributed by atoms with van der Waals surface area (Å²) < 4.78 is 35.5. The summed E-state index contributed by atoms with van der Waals surface area (Å²) in [6, 6.07) is 5.67. The highest BCUT2D eigenvalue weighted by atomic mass is 35.7. The molecule has 0 fully saturated rings. The molecule has 1 aromatic rings. The molecule has 2 N–H and O–H groups in total. The Morgan fingerprint density at radius 1 is 0.917 bits per heavy atom. The molecule has 0 aromatic carbocycles. The van der Waals surface area contributed by atoms with E-state index < -0.39 is 10.2 Å². The number of aromatic nitrogens is 1. The van der Waals surface area contributed by atoms with Gasteiger partial charge in [-0.05, 0) is 0 Å². The van der Waals surface area contributed by atoms with E-state index in [2.05, 4.69) is 0 Å². The van der Waals surface area contributed by atoms with Gasteiger partial charge in [0.15, 0.2) is 12.4 Å². The van der Waals surface area contributed by atoms with E-state index in [1.807, 2.05) is 18.2 Å². The first-order valence-corrected chi connectivity index (χ1v) is 3.96. The van der Waals surface area contributed by atoms with Crippen molar-refractivity contribution in [3.05, 3.63) is 30.6 Å². The van der Waals surface area contributed by atoms with E-state index in [9.17, 15) is 0 Å². The molecule has 68 valence electrons. The standard InChI is InChI=1S/C5H7N2.ClHO4/c6-7-4-2-1-3-5-7;2-1(3,4)5/h1-5H,6H2;(H,2,3,4,5)/q+1;/p-1. The van der Waals surface area contributed by atoms with Crippen molar-refractivity contribution < 1.29 is 33.6 Å². The highest BCUT2D eigenvalue weighted by molar-refractivity contribution is 4.83. The van der Waals surface area contributed by atoms with Crippen molar-refractivity contribution in [1.82, 2.24) is 0 Å². The number of hydrogen-bond donors (Lipinski definition) is 1. The lowest BCUT2D eigenvalue weighted by Crippen LogP contribution is -2.68. The second-order valence-electron chi connectivity index (χ2n) is 1.70. The molecule has 0 amide bonds. The molecule has 0 radical (unpaired) electrons. The molecule has 0 bridgehead atoms.